The van der Waals surface area contributed by atoms with Crippen molar-refractivity contribution in [3.05, 3.63) is 57.8 Å². The Morgan fingerprint density at radius 1 is 1.22 bits per heavy atom. The topological polar surface area (TPSA) is 65.3 Å². The lowest BCUT2D eigenvalue weighted by Crippen LogP contribution is -1.99. The van der Waals surface area contributed by atoms with Crippen LogP contribution in [0.4, 0.5) is 5.69 Å². The standard InChI is InChI=1S/C13H12N2O3/c1-9-8-12(15(16)17)13(14-10(9)2)18-11-6-4-3-5-7-11/h3-8H,1-2H3. The number of rotatable bonds is 3. The van der Waals surface area contributed by atoms with Crippen molar-refractivity contribution in [3.8, 4) is 11.6 Å². The normalized spacial score (nSPS) is 10.1. The van der Waals surface area contributed by atoms with Crippen LogP contribution >= 0.6 is 0 Å². The van der Waals surface area contributed by atoms with E-state index in [9.17, 15) is 10.1 Å². The summed E-state index contributed by atoms with van der Waals surface area (Å²) in [6, 6.07) is 10.3. The predicted molar refractivity (Wildman–Crippen MR) is 66.9 cm³/mol. The summed E-state index contributed by atoms with van der Waals surface area (Å²) >= 11 is 0. The maximum absolute atomic E-state index is 11.0. The average molecular weight is 244 g/mol. The van der Waals surface area contributed by atoms with E-state index in [2.05, 4.69) is 4.98 Å². The predicted octanol–water partition coefficient (Wildman–Crippen LogP) is 3.40. The minimum absolute atomic E-state index is 0.0225. The molecule has 0 bridgehead atoms. The Hall–Kier alpha value is -2.43. The number of hydrogen-bond donors (Lipinski definition) is 0. The third-order valence-electron chi connectivity index (χ3n) is 2.57. The van der Waals surface area contributed by atoms with Crippen LogP contribution in [0.1, 0.15) is 11.3 Å². The van der Waals surface area contributed by atoms with E-state index < -0.39 is 4.92 Å². The molecule has 0 saturated carbocycles. The molecule has 0 atom stereocenters. The molecule has 0 fully saturated rings. The lowest BCUT2D eigenvalue weighted by atomic mass is 10.2. The fourth-order valence-corrected chi connectivity index (χ4v) is 1.48. The van der Waals surface area contributed by atoms with Gasteiger partial charge in [0.25, 0.3) is 5.88 Å². The van der Waals surface area contributed by atoms with Gasteiger partial charge in [0, 0.05) is 11.8 Å². The first-order valence-corrected chi connectivity index (χ1v) is 5.43. The molecule has 0 unspecified atom stereocenters. The highest BCUT2D eigenvalue weighted by Crippen LogP contribution is 2.30. The van der Waals surface area contributed by atoms with Crippen molar-refractivity contribution in [1.82, 2.24) is 4.98 Å². The number of para-hydroxylation sites is 1. The highest BCUT2D eigenvalue weighted by Gasteiger charge is 2.19. The number of benzene rings is 1. The third-order valence-corrected chi connectivity index (χ3v) is 2.57. The van der Waals surface area contributed by atoms with Gasteiger partial charge in [0.15, 0.2) is 0 Å². The molecular weight excluding hydrogens is 232 g/mol. The van der Waals surface area contributed by atoms with E-state index in [0.29, 0.717) is 11.4 Å². The zero-order chi connectivity index (χ0) is 13.1. The van der Waals surface area contributed by atoms with Crippen molar-refractivity contribution < 1.29 is 9.66 Å². The number of nitrogens with zero attached hydrogens (tertiary/aromatic N) is 2. The van der Waals surface area contributed by atoms with Crippen molar-refractivity contribution in [2.24, 2.45) is 0 Å². The molecule has 1 heterocycles. The largest absolute Gasteiger partial charge is 0.434 e. The van der Waals surface area contributed by atoms with Crippen molar-refractivity contribution >= 4 is 5.69 Å². The summed E-state index contributed by atoms with van der Waals surface area (Å²) in [7, 11) is 0. The first-order valence-electron chi connectivity index (χ1n) is 5.43. The van der Waals surface area contributed by atoms with Gasteiger partial charge in [-0.25, -0.2) is 4.98 Å². The monoisotopic (exact) mass is 244 g/mol. The highest BCUT2D eigenvalue weighted by atomic mass is 16.6. The lowest BCUT2D eigenvalue weighted by Gasteiger charge is -2.07. The Labute approximate surface area is 104 Å². The second kappa shape index (κ2) is 4.83. The van der Waals surface area contributed by atoms with E-state index in [1.54, 1.807) is 38.1 Å². The maximum atomic E-state index is 11.0. The molecule has 0 N–H and O–H groups in total. The van der Waals surface area contributed by atoms with Gasteiger partial charge >= 0.3 is 5.69 Å². The fraction of sp³-hybridized carbons (Fsp3) is 0.154. The van der Waals surface area contributed by atoms with Crippen LogP contribution in [-0.2, 0) is 0 Å². The number of ether oxygens (including phenoxy) is 1. The van der Waals surface area contributed by atoms with E-state index in [1.807, 2.05) is 6.07 Å². The van der Waals surface area contributed by atoms with Gasteiger partial charge in [-0.1, -0.05) is 18.2 Å². The van der Waals surface area contributed by atoms with E-state index in [-0.39, 0.29) is 11.6 Å². The zero-order valence-electron chi connectivity index (χ0n) is 10.1. The van der Waals surface area contributed by atoms with Gasteiger partial charge in [0.2, 0.25) is 0 Å². The van der Waals surface area contributed by atoms with Gasteiger partial charge in [0.1, 0.15) is 5.75 Å². The van der Waals surface area contributed by atoms with Crippen molar-refractivity contribution in [2.75, 3.05) is 0 Å². The van der Waals surface area contributed by atoms with Crippen molar-refractivity contribution in [1.29, 1.82) is 0 Å². The van der Waals surface area contributed by atoms with Gasteiger partial charge in [-0.2, -0.15) is 0 Å². The number of hydrogen-bond acceptors (Lipinski definition) is 4. The Kier molecular flexibility index (Phi) is 3.23. The van der Waals surface area contributed by atoms with Crippen molar-refractivity contribution in [3.63, 3.8) is 0 Å². The molecule has 92 valence electrons. The van der Waals surface area contributed by atoms with Crippen LogP contribution in [0.25, 0.3) is 0 Å². The third kappa shape index (κ3) is 2.45. The summed E-state index contributed by atoms with van der Waals surface area (Å²) in [5.41, 5.74) is 1.36. The molecule has 18 heavy (non-hydrogen) atoms. The summed E-state index contributed by atoms with van der Waals surface area (Å²) in [5, 5.41) is 11.0. The minimum Gasteiger partial charge on any atom is -0.434 e. The van der Waals surface area contributed by atoms with E-state index in [0.717, 1.165) is 5.56 Å². The molecular formula is C13H12N2O3. The summed E-state index contributed by atoms with van der Waals surface area (Å²) in [4.78, 5) is 14.6. The van der Waals surface area contributed by atoms with Gasteiger partial charge in [0.05, 0.1) is 4.92 Å². The second-order valence-corrected chi connectivity index (χ2v) is 3.89. The Morgan fingerprint density at radius 3 is 2.50 bits per heavy atom. The first kappa shape index (κ1) is 12.0. The number of pyridine rings is 1. The van der Waals surface area contributed by atoms with Gasteiger partial charge in [-0.3, -0.25) is 10.1 Å². The summed E-state index contributed by atoms with van der Waals surface area (Å²) < 4.78 is 5.45. The molecule has 5 nitrogen and oxygen atoms in total. The summed E-state index contributed by atoms with van der Waals surface area (Å²) in [5.74, 6) is 0.547. The molecule has 0 radical (unpaired) electrons. The molecule has 2 aromatic rings. The molecule has 1 aromatic carbocycles. The van der Waals surface area contributed by atoms with Crippen LogP contribution in [0.2, 0.25) is 0 Å². The van der Waals surface area contributed by atoms with Gasteiger partial charge in [-0.05, 0) is 31.5 Å². The Morgan fingerprint density at radius 2 is 1.89 bits per heavy atom. The SMILES string of the molecule is Cc1cc([N+](=O)[O-])c(Oc2ccccc2)nc1C. The van der Waals surface area contributed by atoms with Crippen LogP contribution in [-0.4, -0.2) is 9.91 Å². The van der Waals surface area contributed by atoms with E-state index in [1.165, 1.54) is 6.07 Å². The van der Waals surface area contributed by atoms with Crippen LogP contribution < -0.4 is 4.74 Å². The number of nitro groups is 1. The highest BCUT2D eigenvalue weighted by molar-refractivity contribution is 5.46. The molecule has 0 aliphatic rings. The van der Waals surface area contributed by atoms with Crippen LogP contribution in [0.5, 0.6) is 11.6 Å². The molecule has 2 rings (SSSR count). The van der Waals surface area contributed by atoms with E-state index in [4.69, 9.17) is 4.74 Å². The maximum Gasteiger partial charge on any atom is 0.331 e. The molecule has 0 aliphatic carbocycles. The molecule has 0 spiro atoms. The quantitative estimate of drug-likeness (QED) is 0.613. The van der Waals surface area contributed by atoms with Gasteiger partial charge < -0.3 is 4.74 Å². The van der Waals surface area contributed by atoms with Crippen LogP contribution in [0.15, 0.2) is 36.4 Å². The van der Waals surface area contributed by atoms with E-state index >= 15 is 0 Å². The van der Waals surface area contributed by atoms with Crippen LogP contribution in [0, 0.1) is 24.0 Å². The summed E-state index contributed by atoms with van der Waals surface area (Å²) in [6.07, 6.45) is 0. The second-order valence-electron chi connectivity index (χ2n) is 3.89. The first-order chi connectivity index (χ1) is 8.58. The Balaban J connectivity index is 2.43. The molecule has 0 amide bonds. The lowest BCUT2D eigenvalue weighted by molar-refractivity contribution is -0.386. The summed E-state index contributed by atoms with van der Waals surface area (Å²) in [6.45, 7) is 3.57. The number of aryl methyl sites for hydroxylation is 2. The molecule has 5 heteroatoms. The Bertz CT molecular complexity index is 582. The molecule has 1 aromatic heterocycles. The fourth-order valence-electron chi connectivity index (χ4n) is 1.48. The van der Waals surface area contributed by atoms with Gasteiger partial charge in [-0.15, -0.1) is 0 Å². The molecule has 0 saturated heterocycles. The molecule has 0 aliphatic heterocycles. The van der Waals surface area contributed by atoms with Crippen molar-refractivity contribution in [2.45, 2.75) is 13.8 Å². The minimum atomic E-state index is -0.488. The number of aromatic nitrogens is 1. The smallest absolute Gasteiger partial charge is 0.331 e. The zero-order valence-corrected chi connectivity index (χ0v) is 10.1. The average Bonchev–Trinajstić information content (AvgIpc) is 2.34. The van der Waals surface area contributed by atoms with Crippen LogP contribution in [0.3, 0.4) is 0 Å².